The zero-order valence-electron chi connectivity index (χ0n) is 16.6. The Morgan fingerprint density at radius 2 is 1.71 bits per heavy atom. The molecule has 0 saturated heterocycles. The molecule has 7 heteroatoms. The van der Waals surface area contributed by atoms with Gasteiger partial charge in [0, 0.05) is 28.6 Å². The smallest absolute Gasteiger partial charge is 0.267 e. The zero-order chi connectivity index (χ0) is 21.8. The van der Waals surface area contributed by atoms with E-state index in [4.69, 9.17) is 0 Å². The summed E-state index contributed by atoms with van der Waals surface area (Å²) in [6.07, 6.45) is 0. The maximum Gasteiger partial charge on any atom is 0.272 e. The normalized spacial score (nSPS) is 11.3. The minimum atomic E-state index is -0.469. The lowest BCUT2D eigenvalue weighted by Crippen LogP contribution is -2.20. The highest BCUT2D eigenvalue weighted by Crippen LogP contribution is 2.24. The number of pyridine rings is 1. The van der Waals surface area contributed by atoms with Crippen molar-refractivity contribution in [1.29, 1.82) is 0 Å². The molecule has 0 bridgehead atoms. The minimum absolute atomic E-state index is 0.0361. The summed E-state index contributed by atoms with van der Waals surface area (Å²) in [5.41, 5.74) is 6.28. The van der Waals surface area contributed by atoms with Gasteiger partial charge >= 0.3 is 0 Å². The highest BCUT2D eigenvalue weighted by Gasteiger charge is 2.14. The van der Waals surface area contributed by atoms with Gasteiger partial charge in [0.25, 0.3) is 11.6 Å². The maximum atomic E-state index is 13.0. The Labute approximate surface area is 178 Å². The third-order valence-corrected chi connectivity index (χ3v) is 4.83. The second-order valence-corrected chi connectivity index (χ2v) is 6.88. The van der Waals surface area contributed by atoms with Crippen molar-refractivity contribution in [3.8, 4) is 11.3 Å². The number of fused-ring (bicyclic) bond motifs is 1. The molecule has 3 aromatic carbocycles. The molecular weight excluding hydrogens is 392 g/mol. The molecule has 0 fully saturated rings. The van der Waals surface area contributed by atoms with Crippen LogP contribution >= 0.6 is 0 Å². The van der Waals surface area contributed by atoms with E-state index < -0.39 is 4.92 Å². The topological polar surface area (TPSA) is 97.5 Å². The number of para-hydroxylation sites is 1. The van der Waals surface area contributed by atoms with Gasteiger partial charge in [-0.25, -0.2) is 10.4 Å². The number of nitrogens with one attached hydrogen (secondary N) is 1. The summed E-state index contributed by atoms with van der Waals surface area (Å²) in [6, 6.07) is 24.9. The Morgan fingerprint density at radius 3 is 2.48 bits per heavy atom. The van der Waals surface area contributed by atoms with E-state index in [1.807, 2.05) is 54.6 Å². The van der Waals surface area contributed by atoms with E-state index in [1.54, 1.807) is 25.1 Å². The summed E-state index contributed by atoms with van der Waals surface area (Å²) >= 11 is 0. The molecule has 0 unspecified atom stereocenters. The zero-order valence-corrected chi connectivity index (χ0v) is 16.6. The van der Waals surface area contributed by atoms with Crippen LogP contribution in [-0.4, -0.2) is 21.5 Å². The second kappa shape index (κ2) is 8.54. The largest absolute Gasteiger partial charge is 0.272 e. The Kier molecular flexibility index (Phi) is 5.49. The average Bonchev–Trinajstić information content (AvgIpc) is 2.82. The fraction of sp³-hybridized carbons (Fsp3) is 0.0417. The monoisotopic (exact) mass is 410 g/mol. The Bertz CT molecular complexity index is 1320. The molecule has 0 aliphatic carbocycles. The van der Waals surface area contributed by atoms with Crippen molar-refractivity contribution in [2.45, 2.75) is 6.92 Å². The van der Waals surface area contributed by atoms with E-state index in [9.17, 15) is 14.9 Å². The molecule has 1 N–H and O–H groups in total. The lowest BCUT2D eigenvalue weighted by molar-refractivity contribution is -0.384. The first-order valence-electron chi connectivity index (χ1n) is 9.57. The van der Waals surface area contributed by atoms with Crippen LogP contribution in [0.1, 0.15) is 22.8 Å². The van der Waals surface area contributed by atoms with Crippen LogP contribution in [0.5, 0.6) is 0 Å². The molecule has 31 heavy (non-hydrogen) atoms. The first-order chi connectivity index (χ1) is 15.0. The van der Waals surface area contributed by atoms with Crippen molar-refractivity contribution < 1.29 is 9.72 Å². The van der Waals surface area contributed by atoms with E-state index in [1.165, 1.54) is 12.1 Å². The summed E-state index contributed by atoms with van der Waals surface area (Å²) in [5.74, 6) is -0.388. The van der Waals surface area contributed by atoms with Gasteiger partial charge < -0.3 is 0 Å². The van der Waals surface area contributed by atoms with Crippen LogP contribution in [0.15, 0.2) is 90.0 Å². The lowest BCUT2D eigenvalue weighted by atomic mass is 10.0. The third-order valence-electron chi connectivity index (χ3n) is 4.83. The number of carbonyl (C=O) groups excluding carboxylic acids is 1. The third kappa shape index (κ3) is 4.30. The predicted molar refractivity (Wildman–Crippen MR) is 120 cm³/mol. The average molecular weight is 410 g/mol. The molecule has 7 nitrogen and oxygen atoms in total. The Morgan fingerprint density at radius 1 is 0.968 bits per heavy atom. The number of nitro groups is 1. The number of nitrogens with zero attached hydrogens (tertiary/aromatic N) is 3. The first-order valence-corrected chi connectivity index (χ1v) is 9.57. The molecule has 4 rings (SSSR count). The summed E-state index contributed by atoms with van der Waals surface area (Å²) in [7, 11) is 0. The van der Waals surface area contributed by atoms with Gasteiger partial charge in [-0.3, -0.25) is 14.9 Å². The molecule has 0 radical (unpaired) electrons. The van der Waals surface area contributed by atoms with Gasteiger partial charge in [0.05, 0.1) is 27.4 Å². The molecule has 4 aromatic rings. The van der Waals surface area contributed by atoms with Gasteiger partial charge in [0.15, 0.2) is 0 Å². The highest BCUT2D eigenvalue weighted by atomic mass is 16.6. The van der Waals surface area contributed by atoms with Crippen molar-refractivity contribution in [1.82, 2.24) is 10.4 Å². The molecule has 1 heterocycles. The second-order valence-electron chi connectivity index (χ2n) is 6.88. The van der Waals surface area contributed by atoms with E-state index in [-0.39, 0.29) is 11.6 Å². The van der Waals surface area contributed by atoms with Crippen molar-refractivity contribution in [2.24, 2.45) is 5.10 Å². The SMILES string of the molecule is C/C(=N\NC(=O)c1cc(-c2ccccc2)nc2ccccc12)c1cccc([N+](=O)[O-])c1. The van der Waals surface area contributed by atoms with Crippen molar-refractivity contribution in [3.63, 3.8) is 0 Å². The standard InChI is InChI=1S/C24H18N4O3/c1-16(18-10-7-11-19(14-18)28(30)31)26-27-24(29)21-15-23(17-8-3-2-4-9-17)25-22-13-6-5-12-20(21)22/h2-15H,1H3,(H,27,29)/b26-16+. The number of rotatable bonds is 5. The summed E-state index contributed by atoms with van der Waals surface area (Å²) in [4.78, 5) is 28.2. The Hall–Kier alpha value is -4.39. The number of hydrogen-bond donors (Lipinski definition) is 1. The van der Waals surface area contributed by atoms with Crippen molar-refractivity contribution in [3.05, 3.63) is 106 Å². The molecule has 152 valence electrons. The molecule has 0 aliphatic rings. The number of hydrogen-bond acceptors (Lipinski definition) is 5. The van der Waals surface area contributed by atoms with Crippen LogP contribution in [0.2, 0.25) is 0 Å². The van der Waals surface area contributed by atoms with Gasteiger partial charge in [0.2, 0.25) is 0 Å². The minimum Gasteiger partial charge on any atom is -0.267 e. The first kappa shape index (κ1) is 19.9. The lowest BCUT2D eigenvalue weighted by Gasteiger charge is -2.09. The van der Waals surface area contributed by atoms with Gasteiger partial charge in [-0.1, -0.05) is 60.7 Å². The summed E-state index contributed by atoms with van der Waals surface area (Å²) in [5, 5.41) is 15.9. The number of aromatic nitrogens is 1. The van der Waals surface area contributed by atoms with Crippen LogP contribution < -0.4 is 5.43 Å². The summed E-state index contributed by atoms with van der Waals surface area (Å²) in [6.45, 7) is 1.68. The number of hydrazone groups is 1. The van der Waals surface area contributed by atoms with Crippen molar-refractivity contribution in [2.75, 3.05) is 0 Å². The number of amides is 1. The fourth-order valence-corrected chi connectivity index (χ4v) is 3.22. The van der Waals surface area contributed by atoms with Crippen LogP contribution in [-0.2, 0) is 0 Å². The molecule has 1 amide bonds. The predicted octanol–water partition coefficient (Wildman–Crippen LogP) is 4.96. The van der Waals surface area contributed by atoms with Crippen LogP contribution in [0.4, 0.5) is 5.69 Å². The molecule has 0 spiro atoms. The maximum absolute atomic E-state index is 13.0. The van der Waals surface area contributed by atoms with Crippen molar-refractivity contribution >= 4 is 28.2 Å². The molecule has 0 atom stereocenters. The van der Waals surface area contributed by atoms with Gasteiger partial charge in [0.1, 0.15) is 0 Å². The number of non-ortho nitro benzene ring substituents is 1. The van der Waals surface area contributed by atoms with E-state index in [0.29, 0.717) is 33.4 Å². The van der Waals surface area contributed by atoms with E-state index in [2.05, 4.69) is 15.5 Å². The molecule has 0 saturated carbocycles. The molecule has 0 aliphatic heterocycles. The number of carbonyl (C=O) groups is 1. The van der Waals surface area contributed by atoms with Gasteiger partial charge in [-0.2, -0.15) is 5.10 Å². The van der Waals surface area contributed by atoms with Gasteiger partial charge in [-0.15, -0.1) is 0 Å². The number of benzene rings is 3. The molecule has 1 aromatic heterocycles. The molecular formula is C24H18N4O3. The summed E-state index contributed by atoms with van der Waals surface area (Å²) < 4.78 is 0. The van der Waals surface area contributed by atoms with E-state index >= 15 is 0 Å². The van der Waals surface area contributed by atoms with Crippen LogP contribution in [0.25, 0.3) is 22.2 Å². The van der Waals surface area contributed by atoms with E-state index in [0.717, 1.165) is 5.56 Å². The number of nitro benzene ring substituents is 1. The fourth-order valence-electron chi connectivity index (χ4n) is 3.22. The van der Waals surface area contributed by atoms with Gasteiger partial charge in [-0.05, 0) is 19.1 Å². The quantitative estimate of drug-likeness (QED) is 0.285. The van der Waals surface area contributed by atoms with Crippen LogP contribution in [0.3, 0.4) is 0 Å². The highest BCUT2D eigenvalue weighted by molar-refractivity contribution is 6.08. The van der Waals surface area contributed by atoms with Crippen LogP contribution in [0, 0.1) is 10.1 Å². The Balaban J connectivity index is 1.68.